The molecule has 2 saturated heterocycles. The van der Waals surface area contributed by atoms with Gasteiger partial charge >= 0.3 is 0 Å². The molecule has 0 radical (unpaired) electrons. The van der Waals surface area contributed by atoms with Gasteiger partial charge in [0.1, 0.15) is 5.75 Å². The number of anilines is 1. The quantitative estimate of drug-likeness (QED) is 0.730. The first-order chi connectivity index (χ1) is 12.9. The zero-order valence-electron chi connectivity index (χ0n) is 15.8. The third kappa shape index (κ3) is 4.10. The molecule has 2 aliphatic rings. The summed E-state index contributed by atoms with van der Waals surface area (Å²) in [5, 5.41) is 0. The molecule has 0 N–H and O–H groups in total. The van der Waals surface area contributed by atoms with Gasteiger partial charge in [-0.15, -0.1) is 0 Å². The summed E-state index contributed by atoms with van der Waals surface area (Å²) in [6.07, 6.45) is 0.606. The number of hydrogen-bond acceptors (Lipinski definition) is 5. The topological polar surface area (TPSA) is 84.0 Å². The average Bonchev–Trinajstić information content (AvgIpc) is 3.19. The lowest BCUT2D eigenvalue weighted by atomic mass is 10.1. The number of ether oxygens (including phenoxy) is 1. The Morgan fingerprint density at radius 1 is 1.30 bits per heavy atom. The van der Waals surface area contributed by atoms with Crippen molar-refractivity contribution in [2.24, 2.45) is 5.92 Å². The molecule has 0 aliphatic carbocycles. The van der Waals surface area contributed by atoms with Gasteiger partial charge in [0.2, 0.25) is 11.8 Å². The minimum Gasteiger partial charge on any atom is -0.492 e. The number of carbonyl (C=O) groups excluding carboxylic acids is 2. The Morgan fingerprint density at radius 2 is 2.04 bits per heavy atom. The van der Waals surface area contributed by atoms with Crippen molar-refractivity contribution in [2.75, 3.05) is 36.1 Å². The second kappa shape index (κ2) is 7.88. The van der Waals surface area contributed by atoms with Crippen LogP contribution in [-0.4, -0.2) is 62.4 Å². The Balaban J connectivity index is 1.76. The van der Waals surface area contributed by atoms with E-state index >= 15 is 0 Å². The molecule has 1 aromatic rings. The van der Waals surface area contributed by atoms with Crippen LogP contribution in [0.2, 0.25) is 0 Å². The smallest absolute Gasteiger partial charge is 0.228 e. The molecule has 2 amide bonds. The summed E-state index contributed by atoms with van der Waals surface area (Å²) < 4.78 is 29.2. The zero-order chi connectivity index (χ0) is 19.6. The van der Waals surface area contributed by atoms with Gasteiger partial charge in [-0.3, -0.25) is 9.59 Å². The molecule has 1 aromatic carbocycles. The summed E-state index contributed by atoms with van der Waals surface area (Å²) in [7, 11) is -3.07. The van der Waals surface area contributed by atoms with E-state index in [9.17, 15) is 18.0 Å². The van der Waals surface area contributed by atoms with Gasteiger partial charge in [0.25, 0.3) is 0 Å². The first-order valence-corrected chi connectivity index (χ1v) is 11.2. The van der Waals surface area contributed by atoms with Crippen molar-refractivity contribution in [3.8, 4) is 5.75 Å². The maximum Gasteiger partial charge on any atom is 0.228 e. The Morgan fingerprint density at radius 3 is 2.67 bits per heavy atom. The fourth-order valence-electron chi connectivity index (χ4n) is 3.91. The molecular formula is C19H26N2O5S. The largest absolute Gasteiger partial charge is 0.492 e. The molecule has 148 valence electrons. The van der Waals surface area contributed by atoms with Crippen molar-refractivity contribution in [1.82, 2.24) is 4.90 Å². The summed E-state index contributed by atoms with van der Waals surface area (Å²) in [5.74, 6) is 0.0503. The number of rotatable bonds is 6. The van der Waals surface area contributed by atoms with Crippen LogP contribution in [0.3, 0.4) is 0 Å². The van der Waals surface area contributed by atoms with Crippen molar-refractivity contribution in [3.05, 3.63) is 24.3 Å². The van der Waals surface area contributed by atoms with Crippen LogP contribution in [0.25, 0.3) is 0 Å². The van der Waals surface area contributed by atoms with Gasteiger partial charge < -0.3 is 14.5 Å². The molecule has 7 nitrogen and oxygen atoms in total. The number of nitrogens with zero attached hydrogens (tertiary/aromatic N) is 2. The molecule has 0 saturated carbocycles. The van der Waals surface area contributed by atoms with Crippen molar-refractivity contribution in [3.63, 3.8) is 0 Å². The van der Waals surface area contributed by atoms with Crippen LogP contribution in [0, 0.1) is 5.92 Å². The summed E-state index contributed by atoms with van der Waals surface area (Å²) in [5.41, 5.74) is 0.672. The van der Waals surface area contributed by atoms with Crippen LogP contribution in [0.1, 0.15) is 26.7 Å². The van der Waals surface area contributed by atoms with Crippen LogP contribution >= 0.6 is 0 Å². The highest BCUT2D eigenvalue weighted by atomic mass is 32.2. The summed E-state index contributed by atoms with van der Waals surface area (Å²) in [6, 6.07) is 7.02. The average molecular weight is 394 g/mol. The van der Waals surface area contributed by atoms with Crippen LogP contribution in [0.4, 0.5) is 5.69 Å². The number of amides is 2. The minimum absolute atomic E-state index is 0.0180. The van der Waals surface area contributed by atoms with E-state index in [2.05, 4.69) is 0 Å². The molecule has 2 fully saturated rings. The first kappa shape index (κ1) is 19.7. The van der Waals surface area contributed by atoms with Crippen molar-refractivity contribution in [2.45, 2.75) is 32.7 Å². The highest BCUT2D eigenvalue weighted by Crippen LogP contribution is 2.34. The van der Waals surface area contributed by atoms with E-state index in [1.165, 1.54) is 0 Å². The highest BCUT2D eigenvalue weighted by Gasteiger charge is 2.41. The monoisotopic (exact) mass is 394 g/mol. The fraction of sp³-hybridized carbons (Fsp3) is 0.579. The zero-order valence-corrected chi connectivity index (χ0v) is 16.6. The predicted molar refractivity (Wildman–Crippen MR) is 103 cm³/mol. The molecule has 27 heavy (non-hydrogen) atoms. The van der Waals surface area contributed by atoms with Crippen molar-refractivity contribution < 1.29 is 22.7 Å². The number of sulfone groups is 1. The van der Waals surface area contributed by atoms with Crippen molar-refractivity contribution >= 4 is 27.3 Å². The van der Waals surface area contributed by atoms with Crippen LogP contribution < -0.4 is 9.64 Å². The molecule has 0 bridgehead atoms. The number of carbonyl (C=O) groups is 2. The number of hydrogen-bond donors (Lipinski definition) is 0. The van der Waals surface area contributed by atoms with Crippen LogP contribution in [0.15, 0.2) is 24.3 Å². The van der Waals surface area contributed by atoms with Gasteiger partial charge in [-0.1, -0.05) is 12.1 Å². The van der Waals surface area contributed by atoms with E-state index in [0.717, 1.165) is 0 Å². The fourth-order valence-corrected chi connectivity index (χ4v) is 5.64. The van der Waals surface area contributed by atoms with E-state index in [-0.39, 0.29) is 42.3 Å². The van der Waals surface area contributed by atoms with Gasteiger partial charge in [0.15, 0.2) is 9.84 Å². The molecule has 8 heteroatoms. The standard InChI is InChI=1S/C19H26N2O5S/c1-3-20(15-9-10-27(24,25)13-15)19(23)14-11-18(22)21(12-14)16-7-5-6-8-17(16)26-4-2/h5-8,14-15H,3-4,9-13H2,1-2H3/t14-,15+/m1/s1. The van der Waals surface area contributed by atoms with E-state index in [0.29, 0.717) is 31.0 Å². The normalized spacial score (nSPS) is 24.2. The molecule has 0 spiro atoms. The van der Waals surface area contributed by atoms with Crippen molar-refractivity contribution in [1.29, 1.82) is 0 Å². The van der Waals surface area contributed by atoms with Gasteiger partial charge in [-0.05, 0) is 32.4 Å². The van der Waals surface area contributed by atoms with E-state index in [4.69, 9.17) is 4.74 Å². The Kier molecular flexibility index (Phi) is 5.74. The Bertz CT molecular complexity index is 823. The van der Waals surface area contributed by atoms with Gasteiger partial charge in [-0.2, -0.15) is 0 Å². The maximum absolute atomic E-state index is 13.0. The number of benzene rings is 1. The second-order valence-corrected chi connectivity index (χ2v) is 9.22. The molecule has 0 aromatic heterocycles. The summed E-state index contributed by atoms with van der Waals surface area (Å²) in [6.45, 7) is 4.95. The van der Waals surface area contributed by atoms with E-state index < -0.39 is 15.8 Å². The number of para-hydroxylation sites is 2. The SMILES string of the molecule is CCOc1ccccc1N1C[C@H](C(=O)N(CC)[C@H]2CCS(=O)(=O)C2)CC1=O. The maximum atomic E-state index is 13.0. The Labute approximate surface area is 160 Å². The van der Waals surface area contributed by atoms with E-state index in [1.54, 1.807) is 9.80 Å². The van der Waals surface area contributed by atoms with Crippen LogP contribution in [-0.2, 0) is 19.4 Å². The molecule has 2 aliphatic heterocycles. The van der Waals surface area contributed by atoms with Crippen LogP contribution in [0.5, 0.6) is 5.75 Å². The lowest BCUT2D eigenvalue weighted by Gasteiger charge is -2.29. The molecular weight excluding hydrogens is 368 g/mol. The lowest BCUT2D eigenvalue weighted by molar-refractivity contribution is -0.137. The van der Waals surface area contributed by atoms with Gasteiger partial charge in [0, 0.05) is 25.6 Å². The third-order valence-corrected chi connectivity index (χ3v) is 6.95. The molecule has 0 unspecified atom stereocenters. The minimum atomic E-state index is -3.07. The predicted octanol–water partition coefficient (Wildman–Crippen LogP) is 1.47. The highest BCUT2D eigenvalue weighted by molar-refractivity contribution is 7.91. The van der Waals surface area contributed by atoms with E-state index in [1.807, 2.05) is 38.1 Å². The summed E-state index contributed by atoms with van der Waals surface area (Å²) >= 11 is 0. The molecule has 2 heterocycles. The second-order valence-electron chi connectivity index (χ2n) is 6.99. The van der Waals surface area contributed by atoms with Gasteiger partial charge in [-0.25, -0.2) is 8.42 Å². The lowest BCUT2D eigenvalue weighted by Crippen LogP contribution is -2.44. The van der Waals surface area contributed by atoms with Gasteiger partial charge in [0.05, 0.1) is 29.7 Å². The summed E-state index contributed by atoms with van der Waals surface area (Å²) in [4.78, 5) is 28.9. The molecule has 3 rings (SSSR count). The third-order valence-electron chi connectivity index (χ3n) is 5.20. The Hall–Kier alpha value is -2.09. The molecule has 2 atom stereocenters. The first-order valence-electron chi connectivity index (χ1n) is 9.39.